The van der Waals surface area contributed by atoms with Gasteiger partial charge in [-0.05, 0) is 33.6 Å². The van der Waals surface area contributed by atoms with Crippen molar-refractivity contribution in [2.45, 2.75) is 59.9 Å². The summed E-state index contributed by atoms with van der Waals surface area (Å²) in [5.74, 6) is 0.138. The number of rotatable bonds is 1. The monoisotopic (exact) mass is 268 g/mol. The molecule has 1 N–H and O–H groups in total. The summed E-state index contributed by atoms with van der Waals surface area (Å²) in [4.78, 5) is 26.3. The molecule has 1 atom stereocenters. The van der Waals surface area contributed by atoms with Crippen molar-refractivity contribution >= 4 is 11.8 Å². The van der Waals surface area contributed by atoms with Gasteiger partial charge in [0.05, 0.1) is 5.92 Å². The van der Waals surface area contributed by atoms with E-state index in [9.17, 15) is 9.59 Å². The summed E-state index contributed by atoms with van der Waals surface area (Å²) < 4.78 is 0. The van der Waals surface area contributed by atoms with Crippen LogP contribution in [0.1, 0.15) is 54.4 Å². The maximum atomic E-state index is 12.3. The van der Waals surface area contributed by atoms with E-state index in [2.05, 4.69) is 5.32 Å². The predicted molar refractivity (Wildman–Crippen MR) is 76.7 cm³/mol. The van der Waals surface area contributed by atoms with Crippen molar-refractivity contribution in [1.82, 2.24) is 10.2 Å². The van der Waals surface area contributed by atoms with Crippen LogP contribution in [-0.4, -0.2) is 35.3 Å². The van der Waals surface area contributed by atoms with Crippen molar-refractivity contribution in [3.63, 3.8) is 0 Å². The van der Waals surface area contributed by atoms with E-state index in [1.54, 1.807) is 0 Å². The maximum absolute atomic E-state index is 12.3. The summed E-state index contributed by atoms with van der Waals surface area (Å²) in [6.45, 7) is 13.0. The van der Waals surface area contributed by atoms with E-state index in [0.29, 0.717) is 6.54 Å². The number of carbonyl (C=O) groups excluding carboxylic acids is 2. The molecule has 0 spiro atoms. The SMILES string of the molecule is CC(C)(C)NC(=O)[C@H]1CCCN(C(=O)C(C)(C)C)C1. The highest BCUT2D eigenvalue weighted by molar-refractivity contribution is 5.84. The molecule has 0 radical (unpaired) electrons. The van der Waals surface area contributed by atoms with E-state index < -0.39 is 0 Å². The Hall–Kier alpha value is -1.06. The van der Waals surface area contributed by atoms with Gasteiger partial charge in [0.25, 0.3) is 0 Å². The molecule has 1 rings (SSSR count). The largest absolute Gasteiger partial charge is 0.351 e. The van der Waals surface area contributed by atoms with Crippen LogP contribution in [-0.2, 0) is 9.59 Å². The van der Waals surface area contributed by atoms with Crippen molar-refractivity contribution in [2.24, 2.45) is 11.3 Å². The number of hydrogen-bond acceptors (Lipinski definition) is 2. The van der Waals surface area contributed by atoms with Crippen molar-refractivity contribution in [1.29, 1.82) is 0 Å². The summed E-state index contributed by atoms with van der Waals surface area (Å²) in [5.41, 5.74) is -0.588. The number of nitrogens with one attached hydrogen (secondary N) is 1. The average molecular weight is 268 g/mol. The van der Waals surface area contributed by atoms with E-state index in [-0.39, 0.29) is 28.7 Å². The second kappa shape index (κ2) is 5.51. The maximum Gasteiger partial charge on any atom is 0.227 e. The molecule has 4 heteroatoms. The quantitative estimate of drug-likeness (QED) is 0.792. The van der Waals surface area contributed by atoms with Gasteiger partial charge < -0.3 is 10.2 Å². The molecule has 1 aliphatic rings. The van der Waals surface area contributed by atoms with Crippen LogP contribution in [0.15, 0.2) is 0 Å². The zero-order chi connectivity index (χ0) is 14.8. The van der Waals surface area contributed by atoms with Gasteiger partial charge in [-0.3, -0.25) is 9.59 Å². The van der Waals surface area contributed by atoms with Crippen molar-refractivity contribution in [2.75, 3.05) is 13.1 Å². The van der Waals surface area contributed by atoms with Crippen LogP contribution >= 0.6 is 0 Å². The van der Waals surface area contributed by atoms with Crippen LogP contribution in [0.25, 0.3) is 0 Å². The lowest BCUT2D eigenvalue weighted by molar-refractivity contribution is -0.143. The molecule has 4 nitrogen and oxygen atoms in total. The van der Waals surface area contributed by atoms with Crippen LogP contribution < -0.4 is 5.32 Å². The molecule has 0 aromatic rings. The molecule has 1 saturated heterocycles. The van der Waals surface area contributed by atoms with E-state index in [4.69, 9.17) is 0 Å². The van der Waals surface area contributed by atoms with Gasteiger partial charge in [0.2, 0.25) is 11.8 Å². The first-order valence-corrected chi connectivity index (χ1v) is 7.12. The summed E-state index contributed by atoms with van der Waals surface area (Å²) in [5, 5.41) is 3.01. The third kappa shape index (κ3) is 4.84. The Morgan fingerprint density at radius 2 is 1.68 bits per heavy atom. The number of likely N-dealkylation sites (tertiary alicyclic amines) is 1. The molecule has 0 saturated carbocycles. The topological polar surface area (TPSA) is 49.4 Å². The fourth-order valence-corrected chi connectivity index (χ4v) is 2.32. The lowest BCUT2D eigenvalue weighted by Crippen LogP contribution is -2.51. The first kappa shape index (κ1) is 16.0. The highest BCUT2D eigenvalue weighted by atomic mass is 16.2. The molecule has 0 unspecified atom stereocenters. The Bertz CT molecular complexity index is 350. The van der Waals surface area contributed by atoms with Gasteiger partial charge >= 0.3 is 0 Å². The van der Waals surface area contributed by atoms with E-state index >= 15 is 0 Å². The highest BCUT2D eigenvalue weighted by Crippen LogP contribution is 2.23. The smallest absolute Gasteiger partial charge is 0.227 e. The Kier molecular flexibility index (Phi) is 4.64. The Labute approximate surface area is 116 Å². The molecule has 0 aliphatic carbocycles. The number of piperidine rings is 1. The molecule has 1 heterocycles. The van der Waals surface area contributed by atoms with Gasteiger partial charge in [0.15, 0.2) is 0 Å². The van der Waals surface area contributed by atoms with Crippen LogP contribution in [0.5, 0.6) is 0 Å². The summed E-state index contributed by atoms with van der Waals surface area (Å²) in [7, 11) is 0. The van der Waals surface area contributed by atoms with Gasteiger partial charge in [-0.25, -0.2) is 0 Å². The summed E-state index contributed by atoms with van der Waals surface area (Å²) in [6, 6.07) is 0. The molecule has 0 aromatic carbocycles. The van der Waals surface area contributed by atoms with Crippen LogP contribution in [0, 0.1) is 11.3 Å². The molecule has 1 fully saturated rings. The minimum Gasteiger partial charge on any atom is -0.351 e. The third-order valence-corrected chi connectivity index (χ3v) is 3.22. The Morgan fingerprint density at radius 3 is 2.16 bits per heavy atom. The number of carbonyl (C=O) groups is 2. The number of hydrogen-bond donors (Lipinski definition) is 1. The van der Waals surface area contributed by atoms with Gasteiger partial charge in [-0.1, -0.05) is 20.8 Å². The normalized spacial score (nSPS) is 21.2. The Balaban J connectivity index is 2.65. The highest BCUT2D eigenvalue weighted by Gasteiger charge is 2.34. The number of amides is 2. The van der Waals surface area contributed by atoms with E-state index in [1.165, 1.54) is 0 Å². The molecule has 1 aliphatic heterocycles. The molecule has 110 valence electrons. The number of nitrogens with zero attached hydrogens (tertiary/aromatic N) is 1. The average Bonchev–Trinajstić information content (AvgIpc) is 2.24. The van der Waals surface area contributed by atoms with Crippen LogP contribution in [0.3, 0.4) is 0 Å². The van der Waals surface area contributed by atoms with Gasteiger partial charge in [-0.15, -0.1) is 0 Å². The van der Waals surface area contributed by atoms with Crippen molar-refractivity contribution < 1.29 is 9.59 Å². The molecule has 19 heavy (non-hydrogen) atoms. The van der Waals surface area contributed by atoms with Crippen molar-refractivity contribution in [3.05, 3.63) is 0 Å². The summed E-state index contributed by atoms with van der Waals surface area (Å²) in [6.07, 6.45) is 1.78. The zero-order valence-corrected chi connectivity index (χ0v) is 13.2. The molecule has 2 amide bonds. The van der Waals surface area contributed by atoms with Gasteiger partial charge in [-0.2, -0.15) is 0 Å². The molecule has 0 bridgehead atoms. The van der Waals surface area contributed by atoms with Crippen LogP contribution in [0.2, 0.25) is 0 Å². The third-order valence-electron chi connectivity index (χ3n) is 3.22. The van der Waals surface area contributed by atoms with Crippen molar-refractivity contribution in [3.8, 4) is 0 Å². The van der Waals surface area contributed by atoms with Gasteiger partial charge in [0, 0.05) is 24.0 Å². The fraction of sp³-hybridized carbons (Fsp3) is 0.867. The first-order chi connectivity index (χ1) is 8.50. The van der Waals surface area contributed by atoms with E-state index in [1.807, 2.05) is 46.4 Å². The first-order valence-electron chi connectivity index (χ1n) is 7.12. The second-order valence-electron chi connectivity index (χ2n) is 7.58. The minimum absolute atomic E-state index is 0.0684. The Morgan fingerprint density at radius 1 is 1.11 bits per heavy atom. The van der Waals surface area contributed by atoms with Gasteiger partial charge in [0.1, 0.15) is 0 Å². The lowest BCUT2D eigenvalue weighted by Gasteiger charge is -2.36. The fourth-order valence-electron chi connectivity index (χ4n) is 2.32. The zero-order valence-electron chi connectivity index (χ0n) is 13.2. The van der Waals surface area contributed by atoms with E-state index in [0.717, 1.165) is 19.4 Å². The lowest BCUT2D eigenvalue weighted by atomic mass is 9.90. The molecular weight excluding hydrogens is 240 g/mol. The van der Waals surface area contributed by atoms with Crippen LogP contribution in [0.4, 0.5) is 0 Å². The summed E-state index contributed by atoms with van der Waals surface area (Å²) >= 11 is 0. The predicted octanol–water partition coefficient (Wildman–Crippen LogP) is 2.19. The second-order valence-corrected chi connectivity index (χ2v) is 7.58. The minimum atomic E-state index is -0.373. The standard InChI is InChI=1S/C15H28N2O2/c1-14(2,3)13(19)17-9-7-8-11(10-17)12(18)16-15(4,5)6/h11H,7-10H2,1-6H3,(H,16,18)/t11-/m0/s1. The molecule has 0 aromatic heterocycles. The molecular formula is C15H28N2O2.